The summed E-state index contributed by atoms with van der Waals surface area (Å²) in [5, 5.41) is 6.23. The number of carbonyl (C=O) groups excluding carboxylic acids is 1. The maximum absolute atomic E-state index is 12.3. The zero-order chi connectivity index (χ0) is 21.8. The second kappa shape index (κ2) is 12.2. The molecule has 0 saturated carbocycles. The summed E-state index contributed by atoms with van der Waals surface area (Å²) in [6.45, 7) is 4.95. The minimum atomic E-state index is -3.38. The fourth-order valence-corrected chi connectivity index (χ4v) is 3.34. The van der Waals surface area contributed by atoms with Gasteiger partial charge in [-0.15, -0.1) is 0 Å². The van der Waals surface area contributed by atoms with Gasteiger partial charge in [0.1, 0.15) is 5.75 Å². The van der Waals surface area contributed by atoms with Crippen molar-refractivity contribution in [3.8, 4) is 5.75 Å². The third-order valence-corrected chi connectivity index (χ3v) is 4.84. The number of hydrogen-bond donors (Lipinski definition) is 3. The smallest absolute Gasteiger partial charge is 0.251 e. The molecule has 0 atom stereocenters. The van der Waals surface area contributed by atoms with Crippen LogP contribution in [0, 0.1) is 0 Å². The Balaban J connectivity index is 1.71. The Bertz CT molecular complexity index is 916. The lowest BCUT2D eigenvalue weighted by Crippen LogP contribution is -2.25. The average Bonchev–Trinajstić information content (AvgIpc) is 2.70. The number of benzene rings is 2. The van der Waals surface area contributed by atoms with Crippen molar-refractivity contribution in [2.45, 2.75) is 32.7 Å². The fourth-order valence-electron chi connectivity index (χ4n) is 2.78. The largest absolute Gasteiger partial charge is 0.494 e. The van der Waals surface area contributed by atoms with Crippen LogP contribution in [0.15, 0.2) is 48.5 Å². The predicted molar refractivity (Wildman–Crippen MR) is 120 cm³/mol. The van der Waals surface area contributed by atoms with Crippen molar-refractivity contribution in [2.24, 2.45) is 0 Å². The van der Waals surface area contributed by atoms with Gasteiger partial charge in [0, 0.05) is 24.3 Å². The molecular weight excluding hydrogens is 402 g/mol. The normalized spacial score (nSPS) is 11.1. The molecule has 0 saturated heterocycles. The molecule has 0 aliphatic carbocycles. The standard InChI is InChI=1S/C22H31N3O4S/c1-3-4-12-23-17-18-8-5-11-21(15-18)29-14-7-13-24-22(26)19-9-6-10-20(16-19)25-30(2,27)28/h5-6,8-11,15-16,23,25H,3-4,7,12-14,17H2,1-2H3,(H,24,26). The van der Waals surface area contributed by atoms with Gasteiger partial charge in [-0.05, 0) is 55.3 Å². The van der Waals surface area contributed by atoms with Gasteiger partial charge in [0.2, 0.25) is 10.0 Å². The second-order valence-corrected chi connectivity index (χ2v) is 8.84. The number of hydrogen-bond acceptors (Lipinski definition) is 5. The van der Waals surface area contributed by atoms with E-state index in [0.29, 0.717) is 30.8 Å². The number of sulfonamides is 1. The van der Waals surface area contributed by atoms with E-state index in [1.54, 1.807) is 18.2 Å². The van der Waals surface area contributed by atoms with Crippen LogP contribution in [0.5, 0.6) is 5.75 Å². The molecule has 7 nitrogen and oxygen atoms in total. The van der Waals surface area contributed by atoms with Gasteiger partial charge in [-0.2, -0.15) is 0 Å². The molecule has 30 heavy (non-hydrogen) atoms. The molecule has 0 fully saturated rings. The SMILES string of the molecule is CCCCNCc1cccc(OCCCNC(=O)c2cccc(NS(C)(=O)=O)c2)c1. The quantitative estimate of drug-likeness (QED) is 0.422. The van der Waals surface area contributed by atoms with Crippen LogP contribution in [0.2, 0.25) is 0 Å². The molecule has 1 amide bonds. The van der Waals surface area contributed by atoms with Crippen LogP contribution in [-0.4, -0.2) is 40.3 Å². The summed E-state index contributed by atoms with van der Waals surface area (Å²) in [4.78, 5) is 12.3. The number of amides is 1. The maximum Gasteiger partial charge on any atom is 0.251 e. The molecular formula is C22H31N3O4S. The summed E-state index contributed by atoms with van der Waals surface area (Å²) < 4.78 is 30.8. The summed E-state index contributed by atoms with van der Waals surface area (Å²) in [5.74, 6) is 0.558. The van der Waals surface area contributed by atoms with E-state index >= 15 is 0 Å². The van der Waals surface area contributed by atoms with Crippen molar-refractivity contribution >= 4 is 21.6 Å². The third kappa shape index (κ3) is 9.28. The highest BCUT2D eigenvalue weighted by Gasteiger charge is 2.08. The lowest BCUT2D eigenvalue weighted by Gasteiger charge is -2.10. The highest BCUT2D eigenvalue weighted by Crippen LogP contribution is 2.14. The summed E-state index contributed by atoms with van der Waals surface area (Å²) in [7, 11) is -3.38. The van der Waals surface area contributed by atoms with Crippen LogP contribution >= 0.6 is 0 Å². The topological polar surface area (TPSA) is 96.5 Å². The molecule has 2 rings (SSSR count). The number of rotatable bonds is 13. The molecule has 0 heterocycles. The van der Waals surface area contributed by atoms with Crippen molar-refractivity contribution in [1.82, 2.24) is 10.6 Å². The van der Waals surface area contributed by atoms with Gasteiger partial charge in [-0.3, -0.25) is 9.52 Å². The molecule has 2 aromatic carbocycles. The number of unbranched alkanes of at least 4 members (excludes halogenated alkanes) is 1. The molecule has 3 N–H and O–H groups in total. The summed E-state index contributed by atoms with van der Waals surface area (Å²) in [6.07, 6.45) is 4.07. The Morgan fingerprint density at radius 3 is 2.60 bits per heavy atom. The molecule has 0 aromatic heterocycles. The zero-order valence-corrected chi connectivity index (χ0v) is 18.4. The van der Waals surface area contributed by atoms with Crippen LogP contribution < -0.4 is 20.1 Å². The van der Waals surface area contributed by atoms with Gasteiger partial charge in [0.15, 0.2) is 0 Å². The molecule has 0 bridgehead atoms. The van der Waals surface area contributed by atoms with Crippen LogP contribution in [0.25, 0.3) is 0 Å². The van der Waals surface area contributed by atoms with E-state index in [0.717, 1.165) is 25.1 Å². The third-order valence-electron chi connectivity index (χ3n) is 4.24. The predicted octanol–water partition coefficient (Wildman–Crippen LogP) is 3.15. The number of ether oxygens (including phenoxy) is 1. The first kappa shape index (κ1) is 23.7. The minimum Gasteiger partial charge on any atom is -0.494 e. The van der Waals surface area contributed by atoms with Crippen LogP contribution in [0.4, 0.5) is 5.69 Å². The van der Waals surface area contributed by atoms with Crippen molar-refractivity contribution < 1.29 is 17.9 Å². The molecule has 8 heteroatoms. The Kier molecular flexibility index (Phi) is 9.63. The molecule has 0 unspecified atom stereocenters. The van der Waals surface area contributed by atoms with Crippen LogP contribution in [-0.2, 0) is 16.6 Å². The molecule has 2 aromatic rings. The highest BCUT2D eigenvalue weighted by atomic mass is 32.2. The first-order valence-corrected chi connectivity index (χ1v) is 12.0. The van der Waals surface area contributed by atoms with Gasteiger partial charge in [-0.25, -0.2) is 8.42 Å². The van der Waals surface area contributed by atoms with Crippen LogP contribution in [0.1, 0.15) is 42.1 Å². The van der Waals surface area contributed by atoms with Gasteiger partial charge in [-0.1, -0.05) is 31.5 Å². The summed E-state index contributed by atoms with van der Waals surface area (Å²) in [6, 6.07) is 14.4. The van der Waals surface area contributed by atoms with Gasteiger partial charge in [0.05, 0.1) is 12.9 Å². The van der Waals surface area contributed by atoms with Gasteiger partial charge in [0.25, 0.3) is 5.91 Å². The minimum absolute atomic E-state index is 0.257. The van der Waals surface area contributed by atoms with E-state index in [1.807, 2.05) is 18.2 Å². The number of nitrogens with one attached hydrogen (secondary N) is 3. The van der Waals surface area contributed by atoms with Crippen molar-refractivity contribution in [2.75, 3.05) is 30.7 Å². The van der Waals surface area contributed by atoms with E-state index in [-0.39, 0.29) is 5.91 Å². The molecule has 0 radical (unpaired) electrons. The lowest BCUT2D eigenvalue weighted by atomic mass is 10.2. The van der Waals surface area contributed by atoms with E-state index < -0.39 is 10.0 Å². The fraction of sp³-hybridized carbons (Fsp3) is 0.409. The van der Waals surface area contributed by atoms with E-state index in [1.165, 1.54) is 24.5 Å². The molecule has 0 aliphatic heterocycles. The first-order valence-electron chi connectivity index (χ1n) is 10.2. The second-order valence-electron chi connectivity index (χ2n) is 7.09. The highest BCUT2D eigenvalue weighted by molar-refractivity contribution is 7.92. The maximum atomic E-state index is 12.3. The lowest BCUT2D eigenvalue weighted by molar-refractivity contribution is 0.0951. The van der Waals surface area contributed by atoms with Crippen LogP contribution in [0.3, 0.4) is 0 Å². The number of anilines is 1. The van der Waals surface area contributed by atoms with E-state index in [2.05, 4.69) is 28.3 Å². The van der Waals surface area contributed by atoms with E-state index in [4.69, 9.17) is 4.74 Å². The van der Waals surface area contributed by atoms with Gasteiger partial charge < -0.3 is 15.4 Å². The summed E-state index contributed by atoms with van der Waals surface area (Å²) in [5.41, 5.74) is 1.94. The van der Waals surface area contributed by atoms with Crippen molar-refractivity contribution in [1.29, 1.82) is 0 Å². The summed E-state index contributed by atoms with van der Waals surface area (Å²) >= 11 is 0. The monoisotopic (exact) mass is 433 g/mol. The molecule has 0 spiro atoms. The number of carbonyl (C=O) groups is 1. The van der Waals surface area contributed by atoms with E-state index in [9.17, 15) is 13.2 Å². The Labute approximate surface area is 179 Å². The first-order chi connectivity index (χ1) is 14.4. The van der Waals surface area contributed by atoms with Gasteiger partial charge >= 0.3 is 0 Å². The Hall–Kier alpha value is -2.58. The average molecular weight is 434 g/mol. The Morgan fingerprint density at radius 1 is 1.03 bits per heavy atom. The molecule has 0 aliphatic rings. The van der Waals surface area contributed by atoms with Crippen molar-refractivity contribution in [3.63, 3.8) is 0 Å². The van der Waals surface area contributed by atoms with Crippen molar-refractivity contribution in [3.05, 3.63) is 59.7 Å². The Morgan fingerprint density at radius 2 is 1.83 bits per heavy atom. The zero-order valence-electron chi connectivity index (χ0n) is 17.6. The molecule has 164 valence electrons.